The van der Waals surface area contributed by atoms with E-state index in [9.17, 15) is 9.90 Å². The van der Waals surface area contributed by atoms with E-state index in [1.54, 1.807) is 0 Å². The van der Waals surface area contributed by atoms with Crippen LogP contribution in [0.15, 0.2) is 0 Å². The molecule has 1 aliphatic carbocycles. The first-order valence-corrected chi connectivity index (χ1v) is 8.26. The number of hydrogen-bond acceptors (Lipinski definition) is 4. The average molecular weight is 307 g/mol. The number of carbonyl (C=O) groups is 1. The highest BCUT2D eigenvalue weighted by molar-refractivity contribution is 5.74. The van der Waals surface area contributed by atoms with Crippen LogP contribution in [0.25, 0.3) is 0 Å². The van der Waals surface area contributed by atoms with Crippen molar-refractivity contribution in [3.63, 3.8) is 0 Å². The second kappa shape index (κ2) is 6.64. The first kappa shape index (κ1) is 15.3. The summed E-state index contributed by atoms with van der Waals surface area (Å²) in [6, 6.07) is -0.169. The molecule has 0 saturated heterocycles. The third-order valence-corrected chi connectivity index (χ3v) is 4.92. The topological polar surface area (TPSA) is 92.1 Å². The van der Waals surface area contributed by atoms with Crippen LogP contribution in [0.4, 0.5) is 4.79 Å². The summed E-state index contributed by atoms with van der Waals surface area (Å²) in [5, 5.41) is 23.8. The smallest absolute Gasteiger partial charge is 0.315 e. The third kappa shape index (κ3) is 3.09. The maximum atomic E-state index is 12.3. The Balaban J connectivity index is 1.60. The molecule has 0 aromatic carbocycles. The lowest BCUT2D eigenvalue weighted by Crippen LogP contribution is -2.49. The summed E-state index contributed by atoms with van der Waals surface area (Å²) in [6.07, 6.45) is 6.07. The number of aliphatic hydroxyl groups excluding tert-OH is 1. The molecule has 2 aliphatic rings. The van der Waals surface area contributed by atoms with Crippen LogP contribution < -0.4 is 10.6 Å². The Morgan fingerprint density at radius 2 is 2.05 bits per heavy atom. The van der Waals surface area contributed by atoms with E-state index < -0.39 is 0 Å². The Hall–Kier alpha value is -1.63. The molecule has 1 aromatic heterocycles. The largest absolute Gasteiger partial charge is 0.396 e. The van der Waals surface area contributed by atoms with E-state index in [4.69, 9.17) is 0 Å². The number of nitrogens with zero attached hydrogens (tertiary/aromatic N) is 3. The molecule has 7 heteroatoms. The van der Waals surface area contributed by atoms with Gasteiger partial charge in [0.1, 0.15) is 5.82 Å². The molecule has 7 nitrogen and oxygen atoms in total. The fraction of sp³-hybridized carbons (Fsp3) is 0.800. The fourth-order valence-corrected chi connectivity index (χ4v) is 3.64. The van der Waals surface area contributed by atoms with Gasteiger partial charge in [0.25, 0.3) is 0 Å². The molecule has 2 amide bonds. The van der Waals surface area contributed by atoms with E-state index >= 15 is 0 Å². The normalized spacial score (nSPS) is 28.0. The highest BCUT2D eigenvalue weighted by Crippen LogP contribution is 2.25. The van der Waals surface area contributed by atoms with E-state index in [1.807, 2.05) is 6.92 Å². The van der Waals surface area contributed by atoms with Gasteiger partial charge in [-0.25, -0.2) is 4.79 Å². The van der Waals surface area contributed by atoms with Crippen molar-refractivity contribution >= 4 is 6.03 Å². The zero-order valence-electron chi connectivity index (χ0n) is 13.1. The van der Waals surface area contributed by atoms with E-state index in [2.05, 4.69) is 25.4 Å². The Morgan fingerprint density at radius 1 is 1.23 bits per heavy atom. The van der Waals surface area contributed by atoms with Gasteiger partial charge in [-0.15, -0.1) is 10.2 Å². The number of hydrogen-bond donors (Lipinski definition) is 3. The van der Waals surface area contributed by atoms with Crippen LogP contribution in [0.2, 0.25) is 0 Å². The Labute approximate surface area is 130 Å². The molecule has 22 heavy (non-hydrogen) atoms. The summed E-state index contributed by atoms with van der Waals surface area (Å²) in [4.78, 5) is 12.3. The van der Waals surface area contributed by atoms with Gasteiger partial charge in [0.2, 0.25) is 0 Å². The van der Waals surface area contributed by atoms with Crippen molar-refractivity contribution in [1.29, 1.82) is 0 Å². The summed E-state index contributed by atoms with van der Waals surface area (Å²) in [5.41, 5.74) is 0. The number of amides is 2. The standard InChI is InChI=1S/C15H25N5O2/c1-10-18-19-14-13(7-4-8-20(10)14)17-15(22)16-12-6-3-2-5-11(12)9-21/h11-13,21H,2-9H2,1H3,(H2,16,17,22). The number of aryl methyl sites for hydroxylation is 1. The molecule has 0 spiro atoms. The monoisotopic (exact) mass is 307 g/mol. The maximum absolute atomic E-state index is 12.3. The molecule has 0 bridgehead atoms. The van der Waals surface area contributed by atoms with Gasteiger partial charge in [0, 0.05) is 25.1 Å². The summed E-state index contributed by atoms with van der Waals surface area (Å²) in [6.45, 7) is 3.00. The van der Waals surface area contributed by atoms with Gasteiger partial charge in [-0.2, -0.15) is 0 Å². The summed E-state index contributed by atoms with van der Waals surface area (Å²) in [7, 11) is 0. The first-order chi connectivity index (χ1) is 10.7. The maximum Gasteiger partial charge on any atom is 0.315 e. The molecule has 1 fully saturated rings. The van der Waals surface area contributed by atoms with Crippen LogP contribution in [0, 0.1) is 12.8 Å². The van der Waals surface area contributed by atoms with Crippen molar-refractivity contribution < 1.29 is 9.90 Å². The minimum absolute atomic E-state index is 0.0712. The van der Waals surface area contributed by atoms with Gasteiger partial charge in [0.15, 0.2) is 5.82 Å². The Morgan fingerprint density at radius 3 is 2.86 bits per heavy atom. The van der Waals surface area contributed by atoms with Crippen molar-refractivity contribution in [2.45, 2.75) is 64.1 Å². The van der Waals surface area contributed by atoms with Gasteiger partial charge >= 0.3 is 6.03 Å². The van der Waals surface area contributed by atoms with Crippen LogP contribution in [0.3, 0.4) is 0 Å². The zero-order chi connectivity index (χ0) is 15.5. The molecule has 3 N–H and O–H groups in total. The third-order valence-electron chi connectivity index (χ3n) is 4.92. The van der Waals surface area contributed by atoms with E-state index in [1.165, 1.54) is 0 Å². The van der Waals surface area contributed by atoms with Crippen molar-refractivity contribution in [3.8, 4) is 0 Å². The van der Waals surface area contributed by atoms with E-state index in [-0.39, 0.29) is 30.6 Å². The lowest BCUT2D eigenvalue weighted by atomic mass is 9.85. The lowest BCUT2D eigenvalue weighted by Gasteiger charge is -2.32. The summed E-state index contributed by atoms with van der Waals surface area (Å²) >= 11 is 0. The van der Waals surface area contributed by atoms with Crippen LogP contribution in [0.1, 0.15) is 56.2 Å². The average Bonchev–Trinajstić information content (AvgIpc) is 2.90. The first-order valence-electron chi connectivity index (χ1n) is 8.26. The van der Waals surface area contributed by atoms with Crippen molar-refractivity contribution in [2.75, 3.05) is 6.61 Å². The SMILES string of the molecule is Cc1nnc2n1CCCC2NC(=O)NC1CCCCC1CO. The van der Waals surface area contributed by atoms with Crippen LogP contribution in [-0.2, 0) is 6.54 Å². The fourth-order valence-electron chi connectivity index (χ4n) is 3.64. The highest BCUT2D eigenvalue weighted by atomic mass is 16.3. The highest BCUT2D eigenvalue weighted by Gasteiger charge is 2.29. The van der Waals surface area contributed by atoms with Gasteiger partial charge < -0.3 is 20.3 Å². The Bertz CT molecular complexity index is 530. The van der Waals surface area contributed by atoms with Crippen molar-refractivity contribution in [2.24, 2.45) is 5.92 Å². The number of nitrogens with one attached hydrogen (secondary N) is 2. The second-order valence-corrected chi connectivity index (χ2v) is 6.40. The summed E-state index contributed by atoms with van der Waals surface area (Å²) < 4.78 is 2.07. The number of fused-ring (bicyclic) bond motifs is 1. The van der Waals surface area contributed by atoms with Gasteiger partial charge in [-0.05, 0) is 32.6 Å². The minimum atomic E-state index is -0.163. The molecular formula is C15H25N5O2. The van der Waals surface area contributed by atoms with Crippen LogP contribution in [-0.4, -0.2) is 38.6 Å². The molecule has 122 valence electrons. The number of aliphatic hydroxyl groups is 1. The molecule has 0 radical (unpaired) electrons. The molecule has 3 unspecified atom stereocenters. The quantitative estimate of drug-likeness (QED) is 0.784. The molecule has 1 saturated carbocycles. The van der Waals surface area contributed by atoms with Gasteiger partial charge in [-0.1, -0.05) is 12.8 Å². The number of urea groups is 1. The molecule has 3 atom stereocenters. The van der Waals surface area contributed by atoms with Crippen molar-refractivity contribution in [3.05, 3.63) is 11.6 Å². The number of carbonyl (C=O) groups excluding carboxylic acids is 1. The molecule has 3 rings (SSSR count). The predicted octanol–water partition coefficient (Wildman–Crippen LogP) is 1.27. The molecule has 2 heterocycles. The zero-order valence-corrected chi connectivity index (χ0v) is 13.1. The molecule has 1 aliphatic heterocycles. The van der Waals surface area contributed by atoms with Gasteiger partial charge in [0.05, 0.1) is 6.04 Å². The minimum Gasteiger partial charge on any atom is -0.396 e. The van der Waals surface area contributed by atoms with Crippen molar-refractivity contribution in [1.82, 2.24) is 25.4 Å². The van der Waals surface area contributed by atoms with E-state index in [0.717, 1.165) is 56.7 Å². The van der Waals surface area contributed by atoms with Crippen LogP contribution >= 0.6 is 0 Å². The van der Waals surface area contributed by atoms with E-state index in [0.29, 0.717) is 0 Å². The molecule has 1 aromatic rings. The summed E-state index contributed by atoms with van der Waals surface area (Å²) in [5.74, 6) is 1.92. The van der Waals surface area contributed by atoms with Gasteiger partial charge in [-0.3, -0.25) is 0 Å². The molecular weight excluding hydrogens is 282 g/mol. The Kier molecular flexibility index (Phi) is 4.61. The predicted molar refractivity (Wildman–Crippen MR) is 81.2 cm³/mol. The number of rotatable bonds is 3. The lowest BCUT2D eigenvalue weighted by molar-refractivity contribution is 0.152. The van der Waals surface area contributed by atoms with Crippen LogP contribution in [0.5, 0.6) is 0 Å². The number of aromatic nitrogens is 3. The second-order valence-electron chi connectivity index (χ2n) is 6.40.